The van der Waals surface area contributed by atoms with Crippen molar-refractivity contribution in [3.63, 3.8) is 0 Å². The first-order valence-electron chi connectivity index (χ1n) is 9.88. The minimum Gasteiger partial charge on any atom is -0.479 e. The van der Waals surface area contributed by atoms with Crippen LogP contribution >= 0.6 is 11.6 Å². The summed E-state index contributed by atoms with van der Waals surface area (Å²) in [5, 5.41) is 6.24. The summed E-state index contributed by atoms with van der Waals surface area (Å²) in [6, 6.07) is 11.9. The zero-order chi connectivity index (χ0) is 21.3. The number of rotatable bonds is 3. The molecule has 2 atom stereocenters. The van der Waals surface area contributed by atoms with Crippen molar-refractivity contribution in [3.8, 4) is 5.75 Å². The van der Waals surface area contributed by atoms with Crippen molar-refractivity contribution in [2.45, 2.75) is 25.9 Å². The van der Waals surface area contributed by atoms with Crippen LogP contribution in [0.4, 0.5) is 11.4 Å². The Morgan fingerprint density at radius 1 is 1.20 bits per heavy atom. The number of halogens is 1. The number of nitrogens with one attached hydrogen (secondary N) is 2. The first-order chi connectivity index (χ1) is 14.4. The standard InChI is InChI=1S/C22H22ClN3O4/c1-13-20(27)25-18-11-17(8-9-19(18)30-13)24-21(28)15-3-2-10-26(12-15)22(29)14-4-6-16(23)7-5-14/h4-9,11,13,15H,2-3,10,12H2,1H3,(H,24,28)(H,25,27)/t13-,15+/m0/s1. The molecule has 0 unspecified atom stereocenters. The Morgan fingerprint density at radius 3 is 2.73 bits per heavy atom. The van der Waals surface area contributed by atoms with Crippen LogP contribution in [0, 0.1) is 5.92 Å². The number of benzene rings is 2. The molecule has 1 saturated heterocycles. The Balaban J connectivity index is 1.41. The molecule has 1 fully saturated rings. The number of amides is 3. The molecule has 2 aliphatic heterocycles. The fraction of sp³-hybridized carbons (Fsp3) is 0.318. The van der Waals surface area contributed by atoms with Crippen LogP contribution in [0.3, 0.4) is 0 Å². The average molecular weight is 428 g/mol. The molecule has 2 N–H and O–H groups in total. The molecule has 4 rings (SSSR count). The highest BCUT2D eigenvalue weighted by molar-refractivity contribution is 6.30. The third-order valence-electron chi connectivity index (χ3n) is 5.35. The van der Waals surface area contributed by atoms with E-state index >= 15 is 0 Å². The maximum Gasteiger partial charge on any atom is 0.265 e. The molecule has 8 heteroatoms. The molecule has 0 aromatic heterocycles. The minimum absolute atomic E-state index is 0.105. The summed E-state index contributed by atoms with van der Waals surface area (Å²) in [5.41, 5.74) is 1.65. The number of ether oxygens (including phenoxy) is 1. The van der Waals surface area contributed by atoms with Crippen molar-refractivity contribution in [1.29, 1.82) is 0 Å². The van der Waals surface area contributed by atoms with E-state index in [0.29, 0.717) is 47.2 Å². The molecule has 0 saturated carbocycles. The summed E-state index contributed by atoms with van der Waals surface area (Å²) in [6.45, 7) is 2.65. The maximum absolute atomic E-state index is 12.8. The van der Waals surface area contributed by atoms with Crippen molar-refractivity contribution >= 4 is 40.7 Å². The van der Waals surface area contributed by atoms with E-state index in [0.717, 1.165) is 6.42 Å². The number of anilines is 2. The van der Waals surface area contributed by atoms with Gasteiger partial charge in [0.05, 0.1) is 11.6 Å². The number of hydrogen-bond acceptors (Lipinski definition) is 4. The lowest BCUT2D eigenvalue weighted by atomic mass is 9.96. The Labute approximate surface area is 179 Å². The largest absolute Gasteiger partial charge is 0.479 e. The van der Waals surface area contributed by atoms with Gasteiger partial charge in [0.1, 0.15) is 5.75 Å². The fourth-order valence-electron chi connectivity index (χ4n) is 3.68. The van der Waals surface area contributed by atoms with Gasteiger partial charge >= 0.3 is 0 Å². The molecule has 3 amide bonds. The van der Waals surface area contributed by atoms with Gasteiger partial charge in [-0.2, -0.15) is 0 Å². The topological polar surface area (TPSA) is 87.7 Å². The smallest absolute Gasteiger partial charge is 0.265 e. The molecule has 2 aromatic rings. The van der Waals surface area contributed by atoms with Crippen molar-refractivity contribution in [2.75, 3.05) is 23.7 Å². The van der Waals surface area contributed by atoms with Crippen LogP contribution in [0.5, 0.6) is 5.75 Å². The van der Waals surface area contributed by atoms with E-state index in [1.165, 1.54) is 0 Å². The van der Waals surface area contributed by atoms with Crippen LogP contribution in [-0.4, -0.2) is 41.8 Å². The molecule has 30 heavy (non-hydrogen) atoms. The third kappa shape index (κ3) is 4.26. The van der Waals surface area contributed by atoms with E-state index in [1.54, 1.807) is 54.3 Å². The van der Waals surface area contributed by atoms with Crippen molar-refractivity contribution in [3.05, 3.63) is 53.1 Å². The normalized spacial score (nSPS) is 20.6. The molecule has 2 aliphatic rings. The SMILES string of the molecule is C[C@@H]1Oc2ccc(NC(=O)[C@@H]3CCCN(C(=O)c4ccc(Cl)cc4)C3)cc2NC1=O. The molecule has 7 nitrogen and oxygen atoms in total. The number of piperidine rings is 1. The zero-order valence-corrected chi connectivity index (χ0v) is 17.2. The average Bonchev–Trinajstić information content (AvgIpc) is 2.75. The molecular formula is C22H22ClN3O4. The quantitative estimate of drug-likeness (QED) is 0.784. The van der Waals surface area contributed by atoms with E-state index in [2.05, 4.69) is 10.6 Å². The molecule has 2 heterocycles. The van der Waals surface area contributed by atoms with E-state index in [-0.39, 0.29) is 23.6 Å². The van der Waals surface area contributed by atoms with Crippen LogP contribution in [-0.2, 0) is 9.59 Å². The summed E-state index contributed by atoms with van der Waals surface area (Å²) >= 11 is 5.89. The van der Waals surface area contributed by atoms with Crippen molar-refractivity contribution in [1.82, 2.24) is 4.90 Å². The summed E-state index contributed by atoms with van der Waals surface area (Å²) in [5.74, 6) is -0.226. The molecule has 0 bridgehead atoms. The lowest BCUT2D eigenvalue weighted by molar-refractivity contribution is -0.123. The van der Waals surface area contributed by atoms with Crippen LogP contribution in [0.25, 0.3) is 0 Å². The van der Waals surface area contributed by atoms with Gasteiger partial charge in [-0.1, -0.05) is 11.6 Å². The van der Waals surface area contributed by atoms with E-state index in [9.17, 15) is 14.4 Å². The minimum atomic E-state index is -0.552. The van der Waals surface area contributed by atoms with Gasteiger partial charge < -0.3 is 20.3 Å². The zero-order valence-electron chi connectivity index (χ0n) is 16.5. The number of carbonyl (C=O) groups excluding carboxylic acids is 3. The number of likely N-dealkylation sites (tertiary alicyclic amines) is 1. The van der Waals surface area contributed by atoms with Crippen LogP contribution in [0.15, 0.2) is 42.5 Å². The van der Waals surface area contributed by atoms with Gasteiger partial charge in [0.15, 0.2) is 6.10 Å². The third-order valence-corrected chi connectivity index (χ3v) is 5.60. The lowest BCUT2D eigenvalue weighted by Gasteiger charge is -2.32. The van der Waals surface area contributed by atoms with Crippen LogP contribution in [0.1, 0.15) is 30.1 Å². The number of nitrogens with zero attached hydrogens (tertiary/aromatic N) is 1. The predicted octanol–water partition coefficient (Wildman–Crippen LogP) is 3.55. The van der Waals surface area contributed by atoms with Gasteiger partial charge in [0.25, 0.3) is 11.8 Å². The predicted molar refractivity (Wildman–Crippen MR) is 114 cm³/mol. The Morgan fingerprint density at radius 2 is 1.97 bits per heavy atom. The summed E-state index contributed by atoms with van der Waals surface area (Å²) in [4.78, 5) is 39.1. The first-order valence-corrected chi connectivity index (χ1v) is 10.3. The number of fused-ring (bicyclic) bond motifs is 1. The maximum atomic E-state index is 12.8. The van der Waals surface area contributed by atoms with E-state index in [4.69, 9.17) is 16.3 Å². The van der Waals surface area contributed by atoms with Gasteiger partial charge in [-0.15, -0.1) is 0 Å². The van der Waals surface area contributed by atoms with Gasteiger partial charge in [-0.05, 0) is 62.2 Å². The molecule has 156 valence electrons. The van der Waals surface area contributed by atoms with E-state index < -0.39 is 6.10 Å². The second-order valence-electron chi connectivity index (χ2n) is 7.55. The highest BCUT2D eigenvalue weighted by Gasteiger charge is 2.29. The summed E-state index contributed by atoms with van der Waals surface area (Å²) in [6.07, 6.45) is 0.909. The van der Waals surface area contributed by atoms with Gasteiger partial charge in [0.2, 0.25) is 5.91 Å². The number of carbonyl (C=O) groups is 3. The summed E-state index contributed by atoms with van der Waals surface area (Å²) < 4.78 is 5.53. The van der Waals surface area contributed by atoms with Gasteiger partial charge in [-0.25, -0.2) is 0 Å². The number of hydrogen-bond donors (Lipinski definition) is 2. The molecule has 0 aliphatic carbocycles. The van der Waals surface area contributed by atoms with Gasteiger partial charge in [0, 0.05) is 29.4 Å². The Hall–Kier alpha value is -3.06. The lowest BCUT2D eigenvalue weighted by Crippen LogP contribution is -2.43. The molecule has 2 aromatic carbocycles. The van der Waals surface area contributed by atoms with E-state index in [1.807, 2.05) is 0 Å². The highest BCUT2D eigenvalue weighted by atomic mass is 35.5. The first kappa shape index (κ1) is 20.2. The Bertz CT molecular complexity index is 992. The summed E-state index contributed by atoms with van der Waals surface area (Å²) in [7, 11) is 0. The second-order valence-corrected chi connectivity index (χ2v) is 7.98. The van der Waals surface area contributed by atoms with Crippen LogP contribution < -0.4 is 15.4 Å². The van der Waals surface area contributed by atoms with Crippen LogP contribution in [0.2, 0.25) is 5.02 Å². The van der Waals surface area contributed by atoms with Gasteiger partial charge in [-0.3, -0.25) is 14.4 Å². The second kappa shape index (κ2) is 8.36. The molecule has 0 radical (unpaired) electrons. The fourth-order valence-corrected chi connectivity index (χ4v) is 3.81. The molecular weight excluding hydrogens is 406 g/mol. The Kier molecular flexibility index (Phi) is 5.63. The molecule has 0 spiro atoms. The van der Waals surface area contributed by atoms with Crippen molar-refractivity contribution < 1.29 is 19.1 Å². The highest BCUT2D eigenvalue weighted by Crippen LogP contribution is 2.32. The van der Waals surface area contributed by atoms with Crippen molar-refractivity contribution in [2.24, 2.45) is 5.92 Å². The monoisotopic (exact) mass is 427 g/mol.